The van der Waals surface area contributed by atoms with Gasteiger partial charge in [-0.15, -0.1) is 0 Å². The van der Waals surface area contributed by atoms with E-state index < -0.39 is 7.25 Å². The third kappa shape index (κ3) is 4.11. The summed E-state index contributed by atoms with van der Waals surface area (Å²) in [5, 5.41) is 18.8. The van der Waals surface area contributed by atoms with Gasteiger partial charge in [-0.2, -0.15) is 0 Å². The van der Waals surface area contributed by atoms with Crippen molar-refractivity contribution in [3.63, 3.8) is 0 Å². The quantitative estimate of drug-likeness (QED) is 0.827. The Kier molecular flexibility index (Phi) is 5.03. The smallest absolute Gasteiger partial charge is 0.407 e. The van der Waals surface area contributed by atoms with Crippen molar-refractivity contribution in [2.45, 2.75) is 0 Å². The molecule has 0 fully saturated rings. The third-order valence-electron chi connectivity index (χ3n) is 3.12. The number of rotatable bonds is 4. The van der Waals surface area contributed by atoms with Gasteiger partial charge in [0, 0.05) is 25.5 Å². The lowest BCUT2D eigenvalue weighted by Crippen LogP contribution is -2.36. The molecule has 21 heavy (non-hydrogen) atoms. The predicted molar refractivity (Wildman–Crippen MR) is 86.5 cm³/mol. The highest BCUT2D eigenvalue weighted by molar-refractivity contribution is 6.38. The number of hydrogen-bond donors (Lipinski definition) is 2. The summed E-state index contributed by atoms with van der Waals surface area (Å²) in [5.41, 5.74) is 2.79. The zero-order valence-corrected chi connectivity index (χ0v) is 12.2. The predicted octanol–water partition coefficient (Wildman–Crippen LogP) is 1.83. The van der Waals surface area contributed by atoms with E-state index in [4.69, 9.17) is 0 Å². The first-order valence-corrected chi connectivity index (χ1v) is 6.73. The minimum Gasteiger partial charge on any atom is -0.407 e. The van der Waals surface area contributed by atoms with Crippen LogP contribution in [0.2, 0.25) is 0 Å². The molecule has 5 heteroatoms. The van der Waals surface area contributed by atoms with E-state index in [0.717, 1.165) is 11.3 Å². The van der Waals surface area contributed by atoms with E-state index in [1.54, 1.807) is 6.20 Å². The third-order valence-corrected chi connectivity index (χ3v) is 3.12. The summed E-state index contributed by atoms with van der Waals surface area (Å²) < 4.78 is 0. The Morgan fingerprint density at radius 3 is 2.48 bits per heavy atom. The Morgan fingerprint density at radius 2 is 1.86 bits per heavy atom. The van der Waals surface area contributed by atoms with Gasteiger partial charge in [-0.05, 0) is 30.0 Å². The second-order valence-corrected chi connectivity index (χ2v) is 4.89. The zero-order valence-electron chi connectivity index (χ0n) is 12.2. The van der Waals surface area contributed by atoms with Crippen molar-refractivity contribution >= 4 is 13.3 Å². The van der Waals surface area contributed by atoms with Crippen molar-refractivity contribution in [1.82, 2.24) is 9.71 Å². The molecule has 2 rings (SSSR count). The molecule has 0 unspecified atom stereocenters. The molecule has 0 aromatic heterocycles. The molecule has 1 aliphatic rings. The molecule has 2 N–H and O–H groups in total. The Balaban J connectivity index is 2.22. The Hall–Kier alpha value is -2.24. The summed E-state index contributed by atoms with van der Waals surface area (Å²) >= 11 is 0. The Bertz CT molecular complexity index is 590. The molecular formula is C16H19BN2O2. The highest BCUT2D eigenvalue weighted by Gasteiger charge is 2.22. The average molecular weight is 282 g/mol. The zero-order chi connectivity index (χ0) is 15.2. The van der Waals surface area contributed by atoms with Crippen molar-refractivity contribution in [2.24, 2.45) is 0 Å². The lowest BCUT2D eigenvalue weighted by Gasteiger charge is -2.27. The van der Waals surface area contributed by atoms with Crippen molar-refractivity contribution in [2.75, 3.05) is 14.1 Å². The molecule has 0 saturated heterocycles. The van der Waals surface area contributed by atoms with E-state index in [1.165, 1.54) is 4.81 Å². The van der Waals surface area contributed by atoms with Crippen LogP contribution in [0.15, 0.2) is 72.2 Å². The van der Waals surface area contributed by atoms with Crippen molar-refractivity contribution < 1.29 is 10.0 Å². The van der Waals surface area contributed by atoms with Gasteiger partial charge in [-0.1, -0.05) is 42.5 Å². The first-order valence-electron chi connectivity index (χ1n) is 6.73. The van der Waals surface area contributed by atoms with Crippen molar-refractivity contribution in [3.05, 3.63) is 77.8 Å². The summed E-state index contributed by atoms with van der Waals surface area (Å²) in [6, 6.07) is 9.94. The molecule has 0 spiro atoms. The number of likely N-dealkylation sites (N-methyl/N-ethyl adjacent to an activating group) is 1. The summed E-state index contributed by atoms with van der Waals surface area (Å²) in [5.74, 6) is 0. The van der Waals surface area contributed by atoms with Crippen LogP contribution in [0.5, 0.6) is 0 Å². The minimum absolute atomic E-state index is 0.711. The maximum atomic E-state index is 9.41. The molecule has 4 nitrogen and oxygen atoms in total. The fourth-order valence-corrected chi connectivity index (χ4v) is 1.96. The molecule has 0 saturated carbocycles. The van der Waals surface area contributed by atoms with Gasteiger partial charge in [-0.25, -0.2) is 0 Å². The van der Waals surface area contributed by atoms with E-state index in [-0.39, 0.29) is 0 Å². The second-order valence-electron chi connectivity index (χ2n) is 4.89. The van der Waals surface area contributed by atoms with Crippen molar-refractivity contribution in [1.29, 1.82) is 0 Å². The average Bonchev–Trinajstić information content (AvgIpc) is 2.48. The number of hydrogen-bond acceptors (Lipinski definition) is 4. The van der Waals surface area contributed by atoms with Crippen LogP contribution in [0.4, 0.5) is 0 Å². The van der Waals surface area contributed by atoms with Gasteiger partial charge in [0.15, 0.2) is 0 Å². The van der Waals surface area contributed by atoms with Gasteiger partial charge in [0.25, 0.3) is 0 Å². The van der Waals surface area contributed by atoms with Gasteiger partial charge >= 0.3 is 7.25 Å². The monoisotopic (exact) mass is 282 g/mol. The van der Waals surface area contributed by atoms with Gasteiger partial charge in [0.1, 0.15) is 0 Å². The first-order chi connectivity index (χ1) is 10.1. The van der Waals surface area contributed by atoms with Crippen molar-refractivity contribution in [3.8, 4) is 0 Å². The van der Waals surface area contributed by atoms with E-state index in [2.05, 4.69) is 0 Å². The molecule has 108 valence electrons. The highest BCUT2D eigenvalue weighted by Crippen LogP contribution is 2.19. The molecule has 0 bridgehead atoms. The molecule has 0 amide bonds. The molecule has 1 aliphatic heterocycles. The molecule has 0 atom stereocenters. The second kappa shape index (κ2) is 6.97. The Morgan fingerprint density at radius 1 is 1.14 bits per heavy atom. The van der Waals surface area contributed by atoms with E-state index >= 15 is 0 Å². The van der Waals surface area contributed by atoms with Crippen LogP contribution < -0.4 is 0 Å². The lowest BCUT2D eigenvalue weighted by molar-refractivity contribution is 0.340. The summed E-state index contributed by atoms with van der Waals surface area (Å²) in [6.45, 7) is 0. The van der Waals surface area contributed by atoms with Gasteiger partial charge in [0.2, 0.25) is 0 Å². The fourth-order valence-electron chi connectivity index (χ4n) is 1.96. The maximum absolute atomic E-state index is 9.41. The number of nitrogens with zero attached hydrogens (tertiary/aromatic N) is 2. The fraction of sp³-hybridized carbons (Fsp3) is 0.125. The molecular weight excluding hydrogens is 263 g/mol. The molecule has 0 aliphatic carbocycles. The standard InChI is InChI=1S/C16H19BN2O2/c1-18(2)15-11-12-19(17(20)21)16(13-15)10-6-9-14-7-4-3-5-8-14/h3-13,20-21H,1-2H3/b9-6+,16-10+. The molecule has 1 heterocycles. The highest BCUT2D eigenvalue weighted by atomic mass is 16.4. The SMILES string of the molecule is CN(C)C1=C/C(=C\C=C\c2ccccc2)N(B(O)O)C=C1. The van der Waals surface area contributed by atoms with Crippen LogP contribution in [0.3, 0.4) is 0 Å². The van der Waals surface area contributed by atoms with Crippen LogP contribution in [-0.2, 0) is 0 Å². The lowest BCUT2D eigenvalue weighted by atomic mass is 10.0. The van der Waals surface area contributed by atoms with Crippen LogP contribution in [0.1, 0.15) is 5.56 Å². The summed E-state index contributed by atoms with van der Waals surface area (Å²) in [4.78, 5) is 3.36. The minimum atomic E-state index is -1.56. The number of benzene rings is 1. The normalized spacial score (nSPS) is 16.5. The largest absolute Gasteiger partial charge is 0.592 e. The topological polar surface area (TPSA) is 46.9 Å². The molecule has 0 radical (unpaired) electrons. The van der Waals surface area contributed by atoms with E-state index in [9.17, 15) is 10.0 Å². The summed E-state index contributed by atoms with van der Waals surface area (Å²) in [7, 11) is 2.33. The van der Waals surface area contributed by atoms with Gasteiger partial charge in [-0.3, -0.25) is 0 Å². The van der Waals surface area contributed by atoms with Crippen LogP contribution in [-0.4, -0.2) is 41.1 Å². The first kappa shape index (κ1) is 15.2. The molecule has 1 aromatic rings. The van der Waals surface area contributed by atoms with Crippen LogP contribution in [0, 0.1) is 0 Å². The van der Waals surface area contributed by atoms with E-state index in [1.807, 2.05) is 79.7 Å². The van der Waals surface area contributed by atoms with Gasteiger partial charge < -0.3 is 19.8 Å². The molecule has 1 aromatic carbocycles. The van der Waals surface area contributed by atoms with Gasteiger partial charge in [0.05, 0.1) is 0 Å². The Labute approximate surface area is 125 Å². The van der Waals surface area contributed by atoms with Crippen LogP contribution in [0.25, 0.3) is 6.08 Å². The number of allylic oxidation sites excluding steroid dienone is 4. The van der Waals surface area contributed by atoms with E-state index in [0.29, 0.717) is 5.70 Å². The van der Waals surface area contributed by atoms with Crippen LogP contribution >= 0.6 is 0 Å². The summed E-state index contributed by atoms with van der Waals surface area (Å²) in [6.07, 6.45) is 11.1. The maximum Gasteiger partial charge on any atom is 0.592 e.